The second-order valence-corrected chi connectivity index (χ2v) is 6.75. The van der Waals surface area contributed by atoms with Crippen LogP contribution in [-0.2, 0) is 17.1 Å². The maximum absolute atomic E-state index is 11.2. The van der Waals surface area contributed by atoms with Gasteiger partial charge in [-0.1, -0.05) is 42.5 Å². The van der Waals surface area contributed by atoms with Crippen molar-refractivity contribution in [1.82, 2.24) is 9.97 Å². The van der Waals surface area contributed by atoms with Gasteiger partial charge in [-0.3, -0.25) is 9.78 Å². The molecule has 3 rings (SSSR count). The van der Waals surface area contributed by atoms with Gasteiger partial charge < -0.3 is 10.6 Å². The fourth-order valence-corrected chi connectivity index (χ4v) is 3.19. The fraction of sp³-hybridized carbons (Fsp3) is 0.150. The number of hydrogen-bond acceptors (Lipinski definition) is 5. The van der Waals surface area contributed by atoms with Crippen molar-refractivity contribution in [3.8, 4) is 0 Å². The zero-order valence-electron chi connectivity index (χ0n) is 14.5. The van der Waals surface area contributed by atoms with Crippen molar-refractivity contribution in [2.45, 2.75) is 24.2 Å². The van der Waals surface area contributed by atoms with Gasteiger partial charge in [-0.05, 0) is 23.3 Å². The largest absolute Gasteiger partial charge is 0.365 e. The van der Waals surface area contributed by atoms with Gasteiger partial charge in [0.05, 0.1) is 12.4 Å². The van der Waals surface area contributed by atoms with Crippen molar-refractivity contribution >= 4 is 29.2 Å². The minimum Gasteiger partial charge on any atom is -0.365 e. The first-order chi connectivity index (χ1) is 12.7. The number of aromatic nitrogens is 2. The van der Waals surface area contributed by atoms with E-state index in [1.54, 1.807) is 24.2 Å². The summed E-state index contributed by atoms with van der Waals surface area (Å²) in [5.41, 5.74) is 3.10. The predicted molar refractivity (Wildman–Crippen MR) is 106 cm³/mol. The lowest BCUT2D eigenvalue weighted by Crippen LogP contribution is -2.07. The number of nitrogens with zero attached hydrogens (tertiary/aromatic N) is 2. The van der Waals surface area contributed by atoms with E-state index in [4.69, 9.17) is 0 Å². The molecular formula is C20H20N4OS. The SMILES string of the molecule is CC(=O)Nc1cccc(CNc2cncc(SCc3ccccc3)n2)c1. The van der Waals surface area contributed by atoms with Crippen LogP contribution in [-0.4, -0.2) is 15.9 Å². The van der Waals surface area contributed by atoms with E-state index < -0.39 is 0 Å². The number of benzene rings is 2. The summed E-state index contributed by atoms with van der Waals surface area (Å²) in [6.07, 6.45) is 3.49. The summed E-state index contributed by atoms with van der Waals surface area (Å²) in [6, 6.07) is 18.0. The van der Waals surface area contributed by atoms with Gasteiger partial charge in [0.25, 0.3) is 0 Å². The molecule has 0 radical (unpaired) electrons. The molecule has 0 aliphatic rings. The van der Waals surface area contributed by atoms with Crippen molar-refractivity contribution in [3.05, 3.63) is 78.1 Å². The summed E-state index contributed by atoms with van der Waals surface area (Å²) in [5.74, 6) is 1.51. The summed E-state index contributed by atoms with van der Waals surface area (Å²) >= 11 is 1.66. The van der Waals surface area contributed by atoms with Gasteiger partial charge in [0.15, 0.2) is 0 Å². The average Bonchev–Trinajstić information content (AvgIpc) is 2.66. The Morgan fingerprint density at radius 3 is 2.65 bits per heavy atom. The van der Waals surface area contributed by atoms with Crippen LogP contribution in [0.15, 0.2) is 72.0 Å². The molecule has 1 amide bonds. The van der Waals surface area contributed by atoms with E-state index >= 15 is 0 Å². The van der Waals surface area contributed by atoms with E-state index in [1.807, 2.05) is 42.5 Å². The molecule has 0 aliphatic heterocycles. The Labute approximate surface area is 157 Å². The summed E-state index contributed by atoms with van der Waals surface area (Å²) in [4.78, 5) is 20.0. The first-order valence-electron chi connectivity index (χ1n) is 8.28. The summed E-state index contributed by atoms with van der Waals surface area (Å²) in [5, 5.41) is 6.95. The minimum atomic E-state index is -0.0795. The Kier molecular flexibility index (Phi) is 6.22. The molecule has 0 fully saturated rings. The Morgan fingerprint density at radius 1 is 1.04 bits per heavy atom. The topological polar surface area (TPSA) is 66.9 Å². The number of carbonyl (C=O) groups is 1. The number of amides is 1. The maximum Gasteiger partial charge on any atom is 0.221 e. The molecule has 2 aromatic carbocycles. The molecule has 26 heavy (non-hydrogen) atoms. The van der Waals surface area contributed by atoms with Gasteiger partial charge in [0.2, 0.25) is 5.91 Å². The van der Waals surface area contributed by atoms with Gasteiger partial charge in [-0.25, -0.2) is 4.98 Å². The van der Waals surface area contributed by atoms with Crippen molar-refractivity contribution < 1.29 is 4.79 Å². The molecule has 0 bridgehead atoms. The highest BCUT2D eigenvalue weighted by molar-refractivity contribution is 7.98. The highest BCUT2D eigenvalue weighted by atomic mass is 32.2. The van der Waals surface area contributed by atoms with E-state index in [0.717, 1.165) is 27.8 Å². The fourth-order valence-electron chi connectivity index (χ4n) is 2.39. The zero-order valence-corrected chi connectivity index (χ0v) is 15.3. The van der Waals surface area contributed by atoms with Gasteiger partial charge in [0, 0.05) is 24.9 Å². The molecular weight excluding hydrogens is 344 g/mol. The molecule has 1 heterocycles. The molecule has 0 saturated heterocycles. The van der Waals surface area contributed by atoms with E-state index in [2.05, 4.69) is 32.7 Å². The second-order valence-electron chi connectivity index (χ2n) is 5.75. The predicted octanol–water partition coefficient (Wildman–Crippen LogP) is 4.34. The van der Waals surface area contributed by atoms with Crippen LogP contribution in [0.4, 0.5) is 11.5 Å². The van der Waals surface area contributed by atoms with Crippen LogP contribution in [0.1, 0.15) is 18.1 Å². The third kappa shape index (κ3) is 5.60. The van der Waals surface area contributed by atoms with Gasteiger partial charge in [-0.15, -0.1) is 11.8 Å². The molecule has 0 saturated carbocycles. The molecule has 6 heteroatoms. The van der Waals surface area contributed by atoms with Crippen LogP contribution < -0.4 is 10.6 Å². The Bertz CT molecular complexity index is 870. The third-order valence-corrected chi connectivity index (χ3v) is 4.53. The van der Waals surface area contributed by atoms with Crippen molar-refractivity contribution in [3.63, 3.8) is 0 Å². The Balaban J connectivity index is 1.58. The molecule has 0 unspecified atom stereocenters. The van der Waals surface area contributed by atoms with Crippen LogP contribution in [0.5, 0.6) is 0 Å². The van der Waals surface area contributed by atoms with Crippen molar-refractivity contribution in [1.29, 1.82) is 0 Å². The van der Waals surface area contributed by atoms with E-state index in [9.17, 15) is 4.79 Å². The highest BCUT2D eigenvalue weighted by Crippen LogP contribution is 2.21. The molecule has 3 aromatic rings. The average molecular weight is 364 g/mol. The summed E-state index contributed by atoms with van der Waals surface area (Å²) in [6.45, 7) is 2.11. The highest BCUT2D eigenvalue weighted by Gasteiger charge is 2.02. The van der Waals surface area contributed by atoms with Crippen molar-refractivity contribution in [2.75, 3.05) is 10.6 Å². The number of thioether (sulfide) groups is 1. The smallest absolute Gasteiger partial charge is 0.221 e. The molecule has 0 spiro atoms. The quantitative estimate of drug-likeness (QED) is 0.611. The van der Waals surface area contributed by atoms with E-state index in [1.165, 1.54) is 12.5 Å². The lowest BCUT2D eigenvalue weighted by molar-refractivity contribution is -0.114. The number of anilines is 2. The molecule has 0 atom stereocenters. The maximum atomic E-state index is 11.2. The summed E-state index contributed by atoms with van der Waals surface area (Å²) < 4.78 is 0. The number of nitrogens with one attached hydrogen (secondary N) is 2. The van der Waals surface area contributed by atoms with Crippen LogP contribution in [0.25, 0.3) is 0 Å². The molecule has 1 aromatic heterocycles. The van der Waals surface area contributed by atoms with E-state index in [-0.39, 0.29) is 5.91 Å². The lowest BCUT2D eigenvalue weighted by Gasteiger charge is -2.09. The number of hydrogen-bond donors (Lipinski definition) is 2. The first kappa shape index (κ1) is 17.9. The number of carbonyl (C=O) groups excluding carboxylic acids is 1. The second kappa shape index (κ2) is 9.01. The van der Waals surface area contributed by atoms with Crippen LogP contribution in [0.2, 0.25) is 0 Å². The lowest BCUT2D eigenvalue weighted by atomic mass is 10.2. The molecule has 2 N–H and O–H groups in total. The van der Waals surface area contributed by atoms with E-state index in [0.29, 0.717) is 6.54 Å². The molecule has 0 aliphatic carbocycles. The molecule has 5 nitrogen and oxygen atoms in total. The number of rotatable bonds is 7. The Hall–Kier alpha value is -2.86. The Morgan fingerprint density at radius 2 is 1.85 bits per heavy atom. The standard InChI is InChI=1S/C20H20N4OS/c1-15(25)23-18-9-5-8-17(10-18)11-22-19-12-21-13-20(24-19)26-14-16-6-3-2-4-7-16/h2-10,12-13H,11,14H2,1H3,(H,22,24)(H,23,25). The van der Waals surface area contributed by atoms with Gasteiger partial charge in [-0.2, -0.15) is 0 Å². The van der Waals surface area contributed by atoms with Crippen LogP contribution >= 0.6 is 11.8 Å². The monoisotopic (exact) mass is 364 g/mol. The zero-order chi connectivity index (χ0) is 18.2. The first-order valence-corrected chi connectivity index (χ1v) is 9.27. The van der Waals surface area contributed by atoms with Gasteiger partial charge in [0.1, 0.15) is 10.8 Å². The van der Waals surface area contributed by atoms with Crippen molar-refractivity contribution in [2.24, 2.45) is 0 Å². The minimum absolute atomic E-state index is 0.0795. The molecule has 132 valence electrons. The van der Waals surface area contributed by atoms with Gasteiger partial charge >= 0.3 is 0 Å². The van der Waals surface area contributed by atoms with Crippen LogP contribution in [0, 0.1) is 0 Å². The summed E-state index contributed by atoms with van der Waals surface area (Å²) in [7, 11) is 0. The van der Waals surface area contributed by atoms with Crippen LogP contribution in [0.3, 0.4) is 0 Å². The normalized spacial score (nSPS) is 10.3. The third-order valence-electron chi connectivity index (χ3n) is 3.56.